The zero-order chi connectivity index (χ0) is 19.3. The lowest BCUT2D eigenvalue weighted by Gasteiger charge is -2.33. The number of carbonyl (C=O) groups is 2. The molecule has 1 N–H and O–H groups in total. The molecule has 5 heteroatoms. The molecule has 0 aromatic heterocycles. The molecule has 1 aliphatic heterocycles. The number of likely N-dealkylation sites (tertiary alicyclic amines) is 1. The standard InChI is InChI=1S/C21H33N3O2/c1-16-8-6-7-9-18(16)20(26)24-12-10-17(11-13-24)19(25)22-14-21(2,3)15-23(4)5/h6-9,17H,10-15H2,1-5H3,(H,22,25). The Hall–Kier alpha value is -1.88. The van der Waals surface area contributed by atoms with Gasteiger partial charge in [-0.25, -0.2) is 0 Å². The van der Waals surface area contributed by atoms with Gasteiger partial charge in [-0.1, -0.05) is 32.0 Å². The first-order chi connectivity index (χ1) is 12.2. The second kappa shape index (κ2) is 8.67. The Morgan fingerprint density at radius 3 is 2.38 bits per heavy atom. The predicted molar refractivity (Wildman–Crippen MR) is 105 cm³/mol. The first kappa shape index (κ1) is 20.4. The molecule has 1 heterocycles. The fourth-order valence-corrected chi connectivity index (χ4v) is 3.71. The van der Waals surface area contributed by atoms with Gasteiger partial charge in [-0.2, -0.15) is 0 Å². The molecule has 0 atom stereocenters. The maximum Gasteiger partial charge on any atom is 0.254 e. The van der Waals surface area contributed by atoms with Gasteiger partial charge >= 0.3 is 0 Å². The molecule has 2 amide bonds. The number of aryl methyl sites for hydroxylation is 1. The van der Waals surface area contributed by atoms with Crippen molar-refractivity contribution in [2.75, 3.05) is 40.3 Å². The molecule has 0 saturated carbocycles. The highest BCUT2D eigenvalue weighted by Crippen LogP contribution is 2.21. The Morgan fingerprint density at radius 1 is 1.19 bits per heavy atom. The molecular weight excluding hydrogens is 326 g/mol. The average Bonchev–Trinajstić information content (AvgIpc) is 2.58. The molecule has 5 nitrogen and oxygen atoms in total. The molecule has 26 heavy (non-hydrogen) atoms. The Labute approximate surface area is 157 Å². The predicted octanol–water partition coefficient (Wildman–Crippen LogP) is 2.55. The molecular formula is C21H33N3O2. The lowest BCUT2D eigenvalue weighted by atomic mass is 9.91. The highest BCUT2D eigenvalue weighted by molar-refractivity contribution is 5.95. The Bertz CT molecular complexity index is 632. The Balaban J connectivity index is 1.83. The fraction of sp³-hybridized carbons (Fsp3) is 0.619. The van der Waals surface area contributed by atoms with Crippen molar-refractivity contribution in [1.82, 2.24) is 15.1 Å². The van der Waals surface area contributed by atoms with E-state index in [0.29, 0.717) is 19.6 Å². The zero-order valence-electron chi connectivity index (χ0n) is 16.8. The van der Waals surface area contributed by atoms with Crippen LogP contribution in [0.3, 0.4) is 0 Å². The topological polar surface area (TPSA) is 52.7 Å². The van der Waals surface area contributed by atoms with E-state index < -0.39 is 0 Å². The number of hydrogen-bond donors (Lipinski definition) is 1. The van der Waals surface area contributed by atoms with E-state index >= 15 is 0 Å². The van der Waals surface area contributed by atoms with Crippen molar-refractivity contribution in [3.63, 3.8) is 0 Å². The third-order valence-electron chi connectivity index (χ3n) is 5.01. The number of hydrogen-bond acceptors (Lipinski definition) is 3. The van der Waals surface area contributed by atoms with E-state index in [4.69, 9.17) is 0 Å². The first-order valence-electron chi connectivity index (χ1n) is 9.47. The van der Waals surface area contributed by atoms with Gasteiger partial charge in [0.1, 0.15) is 0 Å². The summed E-state index contributed by atoms with van der Waals surface area (Å²) in [6.45, 7) is 9.18. The van der Waals surface area contributed by atoms with Crippen LogP contribution in [0.1, 0.15) is 42.6 Å². The van der Waals surface area contributed by atoms with Gasteiger partial charge in [-0.15, -0.1) is 0 Å². The van der Waals surface area contributed by atoms with E-state index in [1.54, 1.807) is 0 Å². The molecule has 1 fully saturated rings. The quantitative estimate of drug-likeness (QED) is 0.849. The number of benzene rings is 1. The molecule has 0 bridgehead atoms. The Kier molecular flexibility index (Phi) is 6.81. The van der Waals surface area contributed by atoms with E-state index in [9.17, 15) is 9.59 Å². The van der Waals surface area contributed by atoms with E-state index in [1.807, 2.05) is 50.2 Å². The Morgan fingerprint density at radius 2 is 1.81 bits per heavy atom. The van der Waals surface area contributed by atoms with Crippen molar-refractivity contribution in [3.8, 4) is 0 Å². The largest absolute Gasteiger partial charge is 0.355 e. The highest BCUT2D eigenvalue weighted by Gasteiger charge is 2.29. The SMILES string of the molecule is Cc1ccccc1C(=O)N1CCC(C(=O)NCC(C)(C)CN(C)C)CC1. The van der Waals surface area contributed by atoms with Crippen LogP contribution in [0.4, 0.5) is 0 Å². The summed E-state index contributed by atoms with van der Waals surface area (Å²) < 4.78 is 0. The van der Waals surface area contributed by atoms with Crippen LogP contribution >= 0.6 is 0 Å². The minimum atomic E-state index is 0.00563. The van der Waals surface area contributed by atoms with E-state index in [2.05, 4.69) is 24.1 Å². The van der Waals surface area contributed by atoms with Gasteiger partial charge in [0, 0.05) is 37.7 Å². The normalized spacial score (nSPS) is 16.0. The van der Waals surface area contributed by atoms with Gasteiger partial charge in [0.25, 0.3) is 5.91 Å². The second-order valence-electron chi connectivity index (χ2n) is 8.50. The fourth-order valence-electron chi connectivity index (χ4n) is 3.71. The van der Waals surface area contributed by atoms with Crippen molar-refractivity contribution in [2.24, 2.45) is 11.3 Å². The lowest BCUT2D eigenvalue weighted by Crippen LogP contribution is -2.46. The summed E-state index contributed by atoms with van der Waals surface area (Å²) in [6, 6.07) is 7.68. The minimum Gasteiger partial charge on any atom is -0.355 e. The van der Waals surface area contributed by atoms with Crippen molar-refractivity contribution < 1.29 is 9.59 Å². The molecule has 0 spiro atoms. The van der Waals surface area contributed by atoms with Gasteiger partial charge in [0.15, 0.2) is 0 Å². The average molecular weight is 360 g/mol. The molecule has 1 aromatic rings. The monoisotopic (exact) mass is 359 g/mol. The molecule has 1 saturated heterocycles. The summed E-state index contributed by atoms with van der Waals surface area (Å²) in [5.41, 5.74) is 1.81. The van der Waals surface area contributed by atoms with Gasteiger partial charge in [0.05, 0.1) is 0 Å². The van der Waals surface area contributed by atoms with Crippen LogP contribution in [-0.2, 0) is 4.79 Å². The third kappa shape index (κ3) is 5.56. The van der Waals surface area contributed by atoms with E-state index in [1.165, 1.54) is 0 Å². The zero-order valence-corrected chi connectivity index (χ0v) is 16.8. The molecule has 1 aliphatic rings. The van der Waals surface area contributed by atoms with Gasteiger partial charge < -0.3 is 15.1 Å². The number of piperidine rings is 1. The van der Waals surface area contributed by atoms with Crippen LogP contribution < -0.4 is 5.32 Å². The highest BCUT2D eigenvalue weighted by atomic mass is 16.2. The van der Waals surface area contributed by atoms with Crippen LogP contribution in [0.5, 0.6) is 0 Å². The maximum atomic E-state index is 12.7. The number of nitrogens with one attached hydrogen (secondary N) is 1. The van der Waals surface area contributed by atoms with Gasteiger partial charge in [-0.05, 0) is 50.9 Å². The van der Waals surface area contributed by atoms with Crippen LogP contribution in [0.15, 0.2) is 24.3 Å². The smallest absolute Gasteiger partial charge is 0.254 e. The van der Waals surface area contributed by atoms with Crippen molar-refractivity contribution in [1.29, 1.82) is 0 Å². The van der Waals surface area contributed by atoms with E-state index in [-0.39, 0.29) is 23.1 Å². The number of rotatable bonds is 6. The van der Waals surface area contributed by atoms with Crippen LogP contribution in [-0.4, -0.2) is 61.9 Å². The molecule has 0 radical (unpaired) electrons. The summed E-state index contributed by atoms with van der Waals surface area (Å²) in [6.07, 6.45) is 1.47. The maximum absolute atomic E-state index is 12.7. The third-order valence-corrected chi connectivity index (χ3v) is 5.01. The van der Waals surface area contributed by atoms with Crippen molar-refractivity contribution >= 4 is 11.8 Å². The van der Waals surface area contributed by atoms with E-state index in [0.717, 1.165) is 30.5 Å². The summed E-state index contributed by atoms with van der Waals surface area (Å²) in [4.78, 5) is 29.2. The first-order valence-corrected chi connectivity index (χ1v) is 9.47. The molecule has 0 aliphatic carbocycles. The summed E-state index contributed by atoms with van der Waals surface area (Å²) in [5.74, 6) is 0.208. The molecule has 144 valence electrons. The number of nitrogens with zero attached hydrogens (tertiary/aromatic N) is 2. The van der Waals surface area contributed by atoms with Crippen LogP contribution in [0, 0.1) is 18.3 Å². The lowest BCUT2D eigenvalue weighted by molar-refractivity contribution is -0.126. The molecule has 0 unspecified atom stereocenters. The number of carbonyl (C=O) groups excluding carboxylic acids is 2. The second-order valence-corrected chi connectivity index (χ2v) is 8.50. The summed E-state index contributed by atoms with van der Waals surface area (Å²) in [7, 11) is 4.09. The van der Waals surface area contributed by atoms with Crippen molar-refractivity contribution in [3.05, 3.63) is 35.4 Å². The number of amides is 2. The van der Waals surface area contributed by atoms with Crippen LogP contribution in [0.2, 0.25) is 0 Å². The molecule has 2 rings (SSSR count). The molecule has 1 aromatic carbocycles. The van der Waals surface area contributed by atoms with Crippen LogP contribution in [0.25, 0.3) is 0 Å². The van der Waals surface area contributed by atoms with Gasteiger partial charge in [-0.3, -0.25) is 9.59 Å². The summed E-state index contributed by atoms with van der Waals surface area (Å²) in [5, 5.41) is 3.11. The minimum absolute atomic E-state index is 0.00563. The summed E-state index contributed by atoms with van der Waals surface area (Å²) >= 11 is 0. The van der Waals surface area contributed by atoms with Crippen molar-refractivity contribution in [2.45, 2.75) is 33.6 Å². The van der Waals surface area contributed by atoms with Gasteiger partial charge in [0.2, 0.25) is 5.91 Å².